The molecule has 1 aromatic heterocycles. The first-order valence-corrected chi connectivity index (χ1v) is 13.0. The van der Waals surface area contributed by atoms with Crippen LogP contribution >= 0.6 is 11.6 Å². The minimum absolute atomic E-state index is 0.00331. The van der Waals surface area contributed by atoms with Gasteiger partial charge in [0.05, 0.1) is 20.9 Å². The van der Waals surface area contributed by atoms with E-state index in [1.54, 1.807) is 18.2 Å². The van der Waals surface area contributed by atoms with Crippen LogP contribution in [0.2, 0.25) is 0 Å². The number of nitrogens with zero attached hydrogens (tertiary/aromatic N) is 2. The molecule has 164 valence electrons. The van der Waals surface area contributed by atoms with Gasteiger partial charge in [-0.1, -0.05) is 25.1 Å². The highest BCUT2D eigenvalue weighted by molar-refractivity contribution is 7.90. The van der Waals surface area contributed by atoms with E-state index in [1.165, 1.54) is 34.6 Å². The van der Waals surface area contributed by atoms with Crippen LogP contribution in [-0.4, -0.2) is 43.4 Å². The number of hydrogen-bond donors (Lipinski definition) is 0. The van der Waals surface area contributed by atoms with Crippen LogP contribution in [0, 0.1) is 5.92 Å². The predicted molar refractivity (Wildman–Crippen MR) is 118 cm³/mol. The van der Waals surface area contributed by atoms with E-state index in [0.29, 0.717) is 19.0 Å². The summed E-state index contributed by atoms with van der Waals surface area (Å²) in [7, 11) is -7.78. The van der Waals surface area contributed by atoms with E-state index in [0.717, 1.165) is 23.0 Å². The molecule has 2 heterocycles. The number of halogens is 1. The van der Waals surface area contributed by atoms with Crippen molar-refractivity contribution in [2.24, 2.45) is 5.92 Å². The molecular weight excluding hydrogens is 460 g/mol. The molecule has 0 amide bonds. The largest absolute Gasteiger partial charge is 0.276 e. The van der Waals surface area contributed by atoms with Crippen LogP contribution in [-0.2, 0) is 20.0 Å². The minimum atomic E-state index is -4.01. The van der Waals surface area contributed by atoms with Crippen molar-refractivity contribution >= 4 is 47.8 Å². The third kappa shape index (κ3) is 3.91. The molecule has 31 heavy (non-hydrogen) atoms. The number of benzene rings is 2. The summed E-state index contributed by atoms with van der Waals surface area (Å²) < 4.78 is 54.9. The zero-order chi connectivity index (χ0) is 22.4. The average Bonchev–Trinajstić information content (AvgIpc) is 3.15. The lowest BCUT2D eigenvalue weighted by molar-refractivity contribution is 0.108. The number of piperidine rings is 1. The zero-order valence-electron chi connectivity index (χ0n) is 16.7. The topological polar surface area (TPSA) is 93.5 Å². The standard InChI is InChI=1S/C21H21ClN2O5S2/c1-15-9-11-23(12-10-15)30(26,27)17-7-8-20-18(13-17)19(21(22)25)14-24(20)31(28,29)16-5-3-2-4-6-16/h2-8,13-15H,9-12H2,1H3. The molecule has 0 N–H and O–H groups in total. The molecule has 0 bridgehead atoms. The van der Waals surface area contributed by atoms with Crippen LogP contribution in [0.4, 0.5) is 0 Å². The van der Waals surface area contributed by atoms with E-state index >= 15 is 0 Å². The number of sulfonamides is 1. The second kappa shape index (κ2) is 8.05. The van der Waals surface area contributed by atoms with Crippen LogP contribution in [0.5, 0.6) is 0 Å². The second-order valence-electron chi connectivity index (χ2n) is 7.70. The van der Waals surface area contributed by atoms with Gasteiger partial charge in [-0.25, -0.2) is 20.8 Å². The van der Waals surface area contributed by atoms with Gasteiger partial charge in [0.25, 0.3) is 15.3 Å². The number of aromatic nitrogens is 1. The number of carbonyl (C=O) groups excluding carboxylic acids is 1. The maximum atomic E-state index is 13.1. The molecule has 3 aromatic rings. The molecular formula is C21H21ClN2O5S2. The first-order valence-electron chi connectivity index (χ1n) is 9.78. The smallest absolute Gasteiger partial charge is 0.268 e. The van der Waals surface area contributed by atoms with E-state index in [-0.39, 0.29) is 26.3 Å². The molecule has 0 radical (unpaired) electrons. The first-order chi connectivity index (χ1) is 14.6. The maximum Gasteiger partial charge on any atom is 0.268 e. The van der Waals surface area contributed by atoms with Gasteiger partial charge >= 0.3 is 0 Å². The molecule has 0 aliphatic carbocycles. The van der Waals surface area contributed by atoms with E-state index in [9.17, 15) is 21.6 Å². The monoisotopic (exact) mass is 480 g/mol. The lowest BCUT2D eigenvalue weighted by Gasteiger charge is -2.29. The van der Waals surface area contributed by atoms with E-state index in [2.05, 4.69) is 6.92 Å². The van der Waals surface area contributed by atoms with Gasteiger partial charge in [0.1, 0.15) is 0 Å². The average molecular weight is 481 g/mol. The van der Waals surface area contributed by atoms with Gasteiger partial charge in [-0.2, -0.15) is 4.31 Å². The highest BCUT2D eigenvalue weighted by Gasteiger charge is 2.30. The van der Waals surface area contributed by atoms with Crippen LogP contribution in [0.3, 0.4) is 0 Å². The normalized spacial score (nSPS) is 16.6. The molecule has 2 aromatic carbocycles. The number of rotatable bonds is 5. The van der Waals surface area contributed by atoms with E-state index in [4.69, 9.17) is 11.6 Å². The van der Waals surface area contributed by atoms with E-state index < -0.39 is 25.3 Å². The zero-order valence-corrected chi connectivity index (χ0v) is 19.1. The fourth-order valence-electron chi connectivity index (χ4n) is 3.78. The van der Waals surface area contributed by atoms with Gasteiger partial charge in [0.15, 0.2) is 0 Å². The van der Waals surface area contributed by atoms with Crippen LogP contribution in [0.25, 0.3) is 10.9 Å². The predicted octanol–water partition coefficient (Wildman–Crippen LogP) is 3.68. The molecule has 0 unspecified atom stereocenters. The number of fused-ring (bicyclic) bond motifs is 1. The summed E-state index contributed by atoms with van der Waals surface area (Å²) in [5.41, 5.74) is 0.111. The van der Waals surface area contributed by atoms with Gasteiger partial charge in [0, 0.05) is 24.7 Å². The highest BCUT2D eigenvalue weighted by atomic mass is 35.5. The van der Waals surface area contributed by atoms with Crippen molar-refractivity contribution in [3.8, 4) is 0 Å². The van der Waals surface area contributed by atoms with Crippen molar-refractivity contribution in [3.05, 3.63) is 60.3 Å². The Hall–Kier alpha value is -2.20. The Labute approximate surface area is 186 Å². The van der Waals surface area contributed by atoms with Crippen molar-refractivity contribution < 1.29 is 21.6 Å². The van der Waals surface area contributed by atoms with Crippen molar-refractivity contribution in [2.75, 3.05) is 13.1 Å². The molecule has 0 spiro atoms. The molecule has 0 atom stereocenters. The molecule has 1 saturated heterocycles. The molecule has 1 aliphatic rings. The minimum Gasteiger partial charge on any atom is -0.276 e. The van der Waals surface area contributed by atoms with Crippen molar-refractivity contribution in [1.82, 2.24) is 8.28 Å². The van der Waals surface area contributed by atoms with Gasteiger partial charge in [-0.15, -0.1) is 0 Å². The summed E-state index contributed by atoms with van der Waals surface area (Å²) in [6.45, 7) is 2.93. The van der Waals surface area contributed by atoms with Crippen LogP contribution in [0.15, 0.2) is 64.5 Å². The SMILES string of the molecule is CC1CCN(S(=O)(=O)c2ccc3c(c2)c(C(=O)Cl)cn3S(=O)(=O)c2ccccc2)CC1. The fraction of sp³-hybridized carbons (Fsp3) is 0.286. The van der Waals surface area contributed by atoms with Crippen LogP contribution in [0.1, 0.15) is 30.1 Å². The Morgan fingerprint density at radius 1 is 0.935 bits per heavy atom. The summed E-state index contributed by atoms with van der Waals surface area (Å²) in [6.07, 6.45) is 2.69. The summed E-state index contributed by atoms with van der Waals surface area (Å²) in [5, 5.41) is -0.695. The van der Waals surface area contributed by atoms with Gasteiger partial charge in [0.2, 0.25) is 10.0 Å². The number of carbonyl (C=O) groups is 1. The Kier molecular flexibility index (Phi) is 5.72. The van der Waals surface area contributed by atoms with E-state index in [1.807, 2.05) is 0 Å². The lowest BCUT2D eigenvalue weighted by Crippen LogP contribution is -2.37. The Morgan fingerprint density at radius 2 is 1.58 bits per heavy atom. The molecule has 1 fully saturated rings. The Balaban J connectivity index is 1.86. The number of hydrogen-bond acceptors (Lipinski definition) is 5. The Bertz CT molecular complexity index is 1360. The third-order valence-corrected chi connectivity index (χ3v) is 9.42. The lowest BCUT2D eigenvalue weighted by atomic mass is 10.0. The second-order valence-corrected chi connectivity index (χ2v) is 11.8. The molecule has 4 rings (SSSR count). The van der Waals surface area contributed by atoms with Gasteiger partial charge < -0.3 is 0 Å². The fourth-order valence-corrected chi connectivity index (χ4v) is 6.81. The summed E-state index contributed by atoms with van der Waals surface area (Å²) >= 11 is 5.72. The van der Waals surface area contributed by atoms with Crippen LogP contribution < -0.4 is 0 Å². The Morgan fingerprint density at radius 3 is 2.19 bits per heavy atom. The quantitative estimate of drug-likeness (QED) is 0.519. The third-order valence-electron chi connectivity index (χ3n) is 5.63. The first kappa shape index (κ1) is 22.0. The van der Waals surface area contributed by atoms with Gasteiger partial charge in [-0.05, 0) is 60.7 Å². The summed E-state index contributed by atoms with van der Waals surface area (Å²) in [4.78, 5) is 12.1. The maximum absolute atomic E-state index is 13.1. The van der Waals surface area contributed by atoms with Crippen molar-refractivity contribution in [3.63, 3.8) is 0 Å². The van der Waals surface area contributed by atoms with Gasteiger partial charge in [-0.3, -0.25) is 4.79 Å². The molecule has 10 heteroatoms. The summed E-state index contributed by atoms with van der Waals surface area (Å²) in [6, 6.07) is 11.9. The molecule has 1 aliphatic heterocycles. The molecule has 7 nitrogen and oxygen atoms in total. The van der Waals surface area contributed by atoms with Crippen molar-refractivity contribution in [2.45, 2.75) is 29.6 Å². The molecule has 0 saturated carbocycles. The summed E-state index contributed by atoms with van der Waals surface area (Å²) in [5.74, 6) is 0.464. The van der Waals surface area contributed by atoms with Crippen molar-refractivity contribution in [1.29, 1.82) is 0 Å². The highest BCUT2D eigenvalue weighted by Crippen LogP contribution is 2.31.